The van der Waals surface area contributed by atoms with Crippen LogP contribution < -0.4 is 25.5 Å². The highest BCUT2D eigenvalue weighted by atomic mass is 16.5. The number of nitrogens with one attached hydrogen (secondary N) is 1. The zero-order chi connectivity index (χ0) is 27.6. The summed E-state index contributed by atoms with van der Waals surface area (Å²) >= 11 is 0. The van der Waals surface area contributed by atoms with E-state index in [9.17, 15) is 24.6 Å². The van der Waals surface area contributed by atoms with Gasteiger partial charge in [0.15, 0.2) is 0 Å². The number of aromatic nitrogens is 2. The molecule has 0 atom stereocenters. The standard InChI is InChI=1S/C26H23N3O9/c1-12-17(28-24(38-12)16-10-15(35-2)8-9-18(16)36-3)11-37-14-6-4-13(5-7-14)19-20(25(31)32)22(27)29-23(30)21(19)26(33)34/h4-10H,11H2,1-3H3,(H,31,32)(H,33,34)(H3,27,29,30). The van der Waals surface area contributed by atoms with E-state index in [2.05, 4.69) is 9.97 Å². The third kappa shape index (κ3) is 4.87. The lowest BCUT2D eigenvalue weighted by molar-refractivity contribution is 0.0695. The van der Waals surface area contributed by atoms with Gasteiger partial charge in [-0.3, -0.25) is 4.79 Å². The van der Waals surface area contributed by atoms with Crippen molar-refractivity contribution in [3.63, 3.8) is 0 Å². The van der Waals surface area contributed by atoms with Gasteiger partial charge in [0.1, 0.15) is 52.3 Å². The summed E-state index contributed by atoms with van der Waals surface area (Å²) in [6, 6.07) is 11.1. The summed E-state index contributed by atoms with van der Waals surface area (Å²) < 4.78 is 22.3. The Morgan fingerprint density at radius 2 is 1.66 bits per heavy atom. The molecule has 5 N–H and O–H groups in total. The normalized spacial score (nSPS) is 10.7. The van der Waals surface area contributed by atoms with Crippen molar-refractivity contribution in [1.82, 2.24) is 9.97 Å². The Balaban J connectivity index is 1.61. The van der Waals surface area contributed by atoms with Gasteiger partial charge in [-0.15, -0.1) is 0 Å². The van der Waals surface area contributed by atoms with Crippen molar-refractivity contribution in [2.75, 3.05) is 20.0 Å². The topological polar surface area (TPSA) is 187 Å². The number of methoxy groups -OCH3 is 2. The maximum Gasteiger partial charge on any atom is 0.342 e. The molecule has 2 aromatic carbocycles. The van der Waals surface area contributed by atoms with Crippen LogP contribution >= 0.6 is 0 Å². The van der Waals surface area contributed by atoms with Crippen LogP contribution in [0, 0.1) is 6.92 Å². The molecule has 196 valence electrons. The number of ether oxygens (including phenoxy) is 3. The molecule has 0 saturated heterocycles. The van der Waals surface area contributed by atoms with E-state index >= 15 is 0 Å². The van der Waals surface area contributed by atoms with Crippen LogP contribution in [0.2, 0.25) is 0 Å². The fraction of sp³-hybridized carbons (Fsp3) is 0.154. The van der Waals surface area contributed by atoms with Gasteiger partial charge in [0.2, 0.25) is 5.89 Å². The number of aromatic carboxylic acids is 2. The van der Waals surface area contributed by atoms with Gasteiger partial charge in [0, 0.05) is 5.56 Å². The van der Waals surface area contributed by atoms with Gasteiger partial charge in [0.25, 0.3) is 5.56 Å². The number of rotatable bonds is 9. The molecule has 0 bridgehead atoms. The summed E-state index contributed by atoms with van der Waals surface area (Å²) in [6.07, 6.45) is 0. The molecular weight excluding hydrogens is 498 g/mol. The van der Waals surface area contributed by atoms with E-state index in [0.29, 0.717) is 40.2 Å². The Bertz CT molecular complexity index is 1590. The van der Waals surface area contributed by atoms with Crippen LogP contribution in [-0.2, 0) is 6.61 Å². The summed E-state index contributed by atoms with van der Waals surface area (Å²) in [7, 11) is 3.08. The van der Waals surface area contributed by atoms with E-state index in [1.807, 2.05) is 0 Å². The predicted molar refractivity (Wildman–Crippen MR) is 135 cm³/mol. The van der Waals surface area contributed by atoms with Gasteiger partial charge in [-0.25, -0.2) is 14.6 Å². The first-order chi connectivity index (χ1) is 18.1. The molecule has 38 heavy (non-hydrogen) atoms. The number of hydrogen-bond acceptors (Lipinski definition) is 9. The van der Waals surface area contributed by atoms with Gasteiger partial charge in [0.05, 0.1) is 19.8 Å². The van der Waals surface area contributed by atoms with E-state index in [1.165, 1.54) is 31.4 Å². The number of aryl methyl sites for hydroxylation is 1. The second-order valence-electron chi connectivity index (χ2n) is 8.00. The molecule has 12 heteroatoms. The van der Waals surface area contributed by atoms with Gasteiger partial charge in [-0.05, 0) is 42.8 Å². The lowest BCUT2D eigenvalue weighted by Crippen LogP contribution is -2.24. The van der Waals surface area contributed by atoms with Crippen molar-refractivity contribution in [2.45, 2.75) is 13.5 Å². The summed E-state index contributed by atoms with van der Waals surface area (Å²) in [4.78, 5) is 42.3. The molecule has 2 heterocycles. The zero-order valence-electron chi connectivity index (χ0n) is 20.5. The predicted octanol–water partition coefficient (Wildman–Crippen LogP) is 3.58. The number of nitrogen functional groups attached to an aromatic ring is 1. The van der Waals surface area contributed by atoms with Crippen molar-refractivity contribution >= 4 is 17.8 Å². The first-order valence-electron chi connectivity index (χ1n) is 11.1. The van der Waals surface area contributed by atoms with Gasteiger partial charge < -0.3 is 39.6 Å². The van der Waals surface area contributed by atoms with E-state index in [4.69, 9.17) is 24.4 Å². The van der Waals surface area contributed by atoms with E-state index in [1.54, 1.807) is 32.2 Å². The van der Waals surface area contributed by atoms with Gasteiger partial charge in [-0.2, -0.15) is 0 Å². The van der Waals surface area contributed by atoms with Crippen molar-refractivity contribution in [2.24, 2.45) is 0 Å². The molecule has 0 aliphatic carbocycles. The van der Waals surface area contributed by atoms with Crippen molar-refractivity contribution in [3.8, 4) is 39.8 Å². The van der Waals surface area contributed by atoms with Crippen molar-refractivity contribution in [3.05, 3.63) is 75.4 Å². The molecule has 0 aliphatic heterocycles. The smallest absolute Gasteiger partial charge is 0.342 e. The molecule has 0 fully saturated rings. The van der Waals surface area contributed by atoms with Crippen LogP contribution in [0.15, 0.2) is 51.7 Å². The number of hydrogen-bond donors (Lipinski definition) is 4. The average Bonchev–Trinajstić information content (AvgIpc) is 3.26. The first kappa shape index (κ1) is 25.8. The Hall–Kier alpha value is -5.26. The average molecular weight is 521 g/mol. The molecule has 0 spiro atoms. The lowest BCUT2D eigenvalue weighted by atomic mass is 9.95. The molecular formula is C26H23N3O9. The highest BCUT2D eigenvalue weighted by molar-refractivity contribution is 6.07. The minimum Gasteiger partial charge on any atom is -0.497 e. The minimum atomic E-state index is -1.59. The number of benzene rings is 2. The maximum absolute atomic E-state index is 12.2. The molecule has 0 aliphatic rings. The number of pyridine rings is 1. The fourth-order valence-corrected chi connectivity index (χ4v) is 3.86. The quantitative estimate of drug-likeness (QED) is 0.252. The number of oxazole rings is 1. The van der Waals surface area contributed by atoms with Crippen LogP contribution in [0.25, 0.3) is 22.6 Å². The Morgan fingerprint density at radius 3 is 2.26 bits per heavy atom. The number of carbonyl (C=O) groups is 2. The first-order valence-corrected chi connectivity index (χ1v) is 11.1. The number of carboxylic acid groups (broad SMARTS) is 2. The number of nitrogens with zero attached hydrogens (tertiary/aromatic N) is 1. The molecule has 0 radical (unpaired) electrons. The Labute approximate surface area is 215 Å². The minimum absolute atomic E-state index is 0.0413. The monoisotopic (exact) mass is 521 g/mol. The fourth-order valence-electron chi connectivity index (χ4n) is 3.86. The molecule has 2 aromatic heterocycles. The SMILES string of the molecule is COc1ccc(OC)c(-c2nc(COc3ccc(-c4c(C(=O)O)c(N)[nH]c(=O)c4C(=O)O)cc3)c(C)o2)c1. The molecule has 0 unspecified atom stereocenters. The molecule has 4 rings (SSSR count). The Kier molecular flexibility index (Phi) is 7.06. The molecule has 0 saturated carbocycles. The van der Waals surface area contributed by atoms with E-state index in [-0.39, 0.29) is 17.7 Å². The van der Waals surface area contributed by atoms with Crippen LogP contribution in [0.1, 0.15) is 32.2 Å². The van der Waals surface area contributed by atoms with E-state index in [0.717, 1.165) is 0 Å². The number of carboxylic acids is 2. The van der Waals surface area contributed by atoms with E-state index < -0.39 is 34.4 Å². The summed E-state index contributed by atoms with van der Waals surface area (Å²) in [5.74, 6) is -1.14. The second-order valence-corrected chi connectivity index (χ2v) is 8.00. The number of H-pyrrole nitrogens is 1. The second kappa shape index (κ2) is 10.4. The number of aromatic amines is 1. The summed E-state index contributed by atoms with van der Waals surface area (Å²) in [5, 5.41) is 19.1. The third-order valence-corrected chi connectivity index (χ3v) is 5.72. The Morgan fingerprint density at radius 1 is 1.00 bits per heavy atom. The summed E-state index contributed by atoms with van der Waals surface area (Å²) in [6.45, 7) is 1.78. The van der Waals surface area contributed by atoms with Gasteiger partial charge >= 0.3 is 11.9 Å². The van der Waals surface area contributed by atoms with Crippen molar-refractivity contribution in [1.29, 1.82) is 0 Å². The highest BCUT2D eigenvalue weighted by Gasteiger charge is 2.26. The zero-order valence-corrected chi connectivity index (χ0v) is 20.5. The molecule has 0 amide bonds. The lowest BCUT2D eigenvalue weighted by Gasteiger charge is -2.12. The van der Waals surface area contributed by atoms with Crippen LogP contribution in [0.5, 0.6) is 17.2 Å². The summed E-state index contributed by atoms with van der Waals surface area (Å²) in [5.41, 5.74) is 4.40. The largest absolute Gasteiger partial charge is 0.497 e. The maximum atomic E-state index is 12.2. The number of anilines is 1. The molecule has 4 aromatic rings. The third-order valence-electron chi connectivity index (χ3n) is 5.72. The van der Waals surface area contributed by atoms with Crippen LogP contribution in [0.4, 0.5) is 5.82 Å². The highest BCUT2D eigenvalue weighted by Crippen LogP contribution is 2.34. The van der Waals surface area contributed by atoms with Crippen LogP contribution in [0.3, 0.4) is 0 Å². The number of nitrogens with two attached hydrogens (primary N) is 1. The van der Waals surface area contributed by atoms with Crippen LogP contribution in [-0.4, -0.2) is 46.3 Å². The molecule has 12 nitrogen and oxygen atoms in total. The van der Waals surface area contributed by atoms with Crippen molar-refractivity contribution < 1.29 is 38.4 Å². The van der Waals surface area contributed by atoms with Gasteiger partial charge in [-0.1, -0.05) is 12.1 Å².